The topological polar surface area (TPSA) is 75.3 Å². The zero-order valence-corrected chi connectivity index (χ0v) is 10.3. The lowest BCUT2D eigenvalue weighted by atomic mass is 10.0. The normalized spacial score (nSPS) is 14.6. The molecule has 1 heterocycles. The highest BCUT2D eigenvalue weighted by atomic mass is 32.2. The predicted octanol–water partition coefficient (Wildman–Crippen LogP) is 0.734. The van der Waals surface area contributed by atoms with Crippen LogP contribution in [0.1, 0.15) is 22.3 Å². The summed E-state index contributed by atoms with van der Waals surface area (Å²) < 4.78 is 23.9. The van der Waals surface area contributed by atoms with Crippen molar-refractivity contribution in [3.63, 3.8) is 0 Å². The van der Waals surface area contributed by atoms with Gasteiger partial charge in [0.15, 0.2) is 0 Å². The van der Waals surface area contributed by atoms with Crippen molar-refractivity contribution < 1.29 is 13.2 Å². The summed E-state index contributed by atoms with van der Waals surface area (Å²) in [4.78, 5) is 11.6. The number of nitrogens with one attached hydrogen (secondary N) is 2. The number of rotatable bonds is 2. The van der Waals surface area contributed by atoms with E-state index in [2.05, 4.69) is 5.32 Å². The minimum atomic E-state index is -3.51. The first kappa shape index (κ1) is 11.9. The Morgan fingerprint density at radius 2 is 2.18 bits per heavy atom. The van der Waals surface area contributed by atoms with Gasteiger partial charge in [0.05, 0.1) is 6.26 Å². The van der Waals surface area contributed by atoms with Gasteiger partial charge in [-0.25, -0.2) is 13.1 Å². The molecule has 0 aliphatic carbocycles. The van der Waals surface area contributed by atoms with E-state index in [4.69, 9.17) is 0 Å². The van der Waals surface area contributed by atoms with E-state index in [9.17, 15) is 13.2 Å². The molecule has 0 spiro atoms. The summed E-state index contributed by atoms with van der Waals surface area (Å²) in [5.41, 5.74) is 2.45. The summed E-state index contributed by atoms with van der Waals surface area (Å²) in [6.45, 7) is 0.932. The molecule has 0 saturated carbocycles. The quantitative estimate of drug-likeness (QED) is 0.816. The van der Waals surface area contributed by atoms with Crippen LogP contribution in [0, 0.1) is 0 Å². The van der Waals surface area contributed by atoms with Crippen LogP contribution in [-0.2, 0) is 16.4 Å². The summed E-state index contributed by atoms with van der Waals surface area (Å²) in [6.07, 6.45) is 2.89. The molecular weight excluding hydrogens is 240 g/mol. The van der Waals surface area contributed by atoms with E-state index in [1.165, 1.54) is 0 Å². The van der Waals surface area contributed by atoms with E-state index in [0.29, 0.717) is 5.56 Å². The minimum absolute atomic E-state index is 0.373. The van der Waals surface area contributed by atoms with Gasteiger partial charge in [0.1, 0.15) is 0 Å². The van der Waals surface area contributed by atoms with Crippen LogP contribution in [0.15, 0.2) is 18.2 Å². The van der Waals surface area contributed by atoms with Gasteiger partial charge >= 0.3 is 0 Å². The van der Waals surface area contributed by atoms with Gasteiger partial charge in [-0.15, -0.1) is 0 Å². The molecule has 1 aliphatic rings. The molecule has 1 amide bonds. The first-order chi connectivity index (χ1) is 7.96. The summed E-state index contributed by atoms with van der Waals surface area (Å²) in [7, 11) is -3.51. The zero-order valence-electron chi connectivity index (χ0n) is 9.49. The van der Waals surface area contributed by atoms with E-state index < -0.39 is 15.9 Å². The van der Waals surface area contributed by atoms with Gasteiger partial charge in [-0.3, -0.25) is 4.79 Å². The van der Waals surface area contributed by atoms with Crippen molar-refractivity contribution >= 4 is 21.6 Å². The monoisotopic (exact) mass is 254 g/mol. The fourth-order valence-corrected chi connectivity index (χ4v) is 2.30. The van der Waals surface area contributed by atoms with E-state index in [1.807, 2.05) is 10.8 Å². The third-order valence-electron chi connectivity index (χ3n) is 2.58. The largest absolute Gasteiger partial charge is 0.385 e. The van der Waals surface area contributed by atoms with E-state index >= 15 is 0 Å². The predicted molar refractivity (Wildman–Crippen MR) is 65.6 cm³/mol. The molecule has 17 heavy (non-hydrogen) atoms. The first-order valence-electron chi connectivity index (χ1n) is 5.34. The van der Waals surface area contributed by atoms with Gasteiger partial charge in [0.25, 0.3) is 5.91 Å². The maximum atomic E-state index is 11.6. The molecular formula is C11H14N2O3S. The Kier molecular flexibility index (Phi) is 3.06. The number of aryl methyl sites for hydroxylation is 1. The maximum absolute atomic E-state index is 11.6. The van der Waals surface area contributed by atoms with Crippen LogP contribution in [0.25, 0.3) is 0 Å². The molecule has 0 bridgehead atoms. The highest BCUT2D eigenvalue weighted by Crippen LogP contribution is 2.22. The lowest BCUT2D eigenvalue weighted by Crippen LogP contribution is -2.29. The molecule has 0 atom stereocenters. The number of carbonyl (C=O) groups excluding carboxylic acids is 1. The van der Waals surface area contributed by atoms with Crippen LogP contribution in [0.2, 0.25) is 0 Å². The average molecular weight is 254 g/mol. The summed E-state index contributed by atoms with van der Waals surface area (Å²) >= 11 is 0. The van der Waals surface area contributed by atoms with Crippen molar-refractivity contribution in [2.24, 2.45) is 0 Å². The second kappa shape index (κ2) is 4.37. The van der Waals surface area contributed by atoms with Gasteiger partial charge in [0.2, 0.25) is 10.0 Å². The minimum Gasteiger partial charge on any atom is -0.385 e. The van der Waals surface area contributed by atoms with Crippen molar-refractivity contribution in [1.29, 1.82) is 0 Å². The highest BCUT2D eigenvalue weighted by Gasteiger charge is 2.14. The van der Waals surface area contributed by atoms with E-state index in [1.54, 1.807) is 12.1 Å². The van der Waals surface area contributed by atoms with Gasteiger partial charge in [-0.1, -0.05) is 0 Å². The Morgan fingerprint density at radius 3 is 2.88 bits per heavy atom. The third kappa shape index (κ3) is 2.97. The molecule has 1 aromatic carbocycles. The summed E-state index contributed by atoms with van der Waals surface area (Å²) in [5.74, 6) is -0.583. The third-order valence-corrected chi connectivity index (χ3v) is 3.14. The van der Waals surface area contributed by atoms with Crippen LogP contribution in [0.4, 0.5) is 5.69 Å². The molecule has 92 valence electrons. The fourth-order valence-electron chi connectivity index (χ4n) is 1.84. The molecule has 0 aromatic heterocycles. The SMILES string of the molecule is CS(=O)(=O)NC(=O)c1ccc2c(c1)CCCN2. The number of hydrogen-bond acceptors (Lipinski definition) is 4. The molecule has 2 rings (SSSR count). The second-order valence-corrected chi connectivity index (χ2v) is 5.85. The number of amides is 1. The Labute approximate surface area is 100 Å². The molecule has 5 nitrogen and oxygen atoms in total. The molecule has 1 aliphatic heterocycles. The highest BCUT2D eigenvalue weighted by molar-refractivity contribution is 7.89. The standard InChI is InChI=1S/C11H14N2O3S/c1-17(15,16)13-11(14)9-4-5-10-8(7-9)3-2-6-12-10/h4-5,7,12H,2-3,6H2,1H3,(H,13,14). The molecule has 2 N–H and O–H groups in total. The van der Waals surface area contributed by atoms with Gasteiger partial charge < -0.3 is 5.32 Å². The van der Waals surface area contributed by atoms with Crippen molar-refractivity contribution in [1.82, 2.24) is 4.72 Å². The molecule has 0 radical (unpaired) electrons. The summed E-state index contributed by atoms with van der Waals surface area (Å²) in [5, 5.41) is 3.23. The number of carbonyl (C=O) groups is 1. The van der Waals surface area contributed by atoms with E-state index in [-0.39, 0.29) is 0 Å². The maximum Gasteiger partial charge on any atom is 0.264 e. The fraction of sp³-hybridized carbons (Fsp3) is 0.364. The Hall–Kier alpha value is -1.56. The number of hydrogen-bond donors (Lipinski definition) is 2. The number of fused-ring (bicyclic) bond motifs is 1. The van der Waals surface area contributed by atoms with Crippen LogP contribution in [0.3, 0.4) is 0 Å². The second-order valence-electron chi connectivity index (χ2n) is 4.11. The summed E-state index contributed by atoms with van der Waals surface area (Å²) in [6, 6.07) is 5.17. The first-order valence-corrected chi connectivity index (χ1v) is 7.24. The Balaban J connectivity index is 2.25. The van der Waals surface area contributed by atoms with Crippen molar-refractivity contribution in [2.75, 3.05) is 18.1 Å². The van der Waals surface area contributed by atoms with Crippen LogP contribution < -0.4 is 10.0 Å². The van der Waals surface area contributed by atoms with E-state index in [0.717, 1.165) is 36.9 Å². The van der Waals surface area contributed by atoms with Gasteiger partial charge in [-0.2, -0.15) is 0 Å². The Bertz CT molecular complexity index is 552. The van der Waals surface area contributed by atoms with Crippen LogP contribution >= 0.6 is 0 Å². The van der Waals surface area contributed by atoms with Crippen LogP contribution in [-0.4, -0.2) is 27.1 Å². The van der Waals surface area contributed by atoms with Gasteiger partial charge in [-0.05, 0) is 36.6 Å². The number of benzene rings is 1. The number of sulfonamides is 1. The lowest BCUT2D eigenvalue weighted by molar-refractivity contribution is 0.0981. The smallest absolute Gasteiger partial charge is 0.264 e. The molecule has 0 fully saturated rings. The zero-order chi connectivity index (χ0) is 12.5. The van der Waals surface area contributed by atoms with Crippen molar-refractivity contribution in [3.8, 4) is 0 Å². The van der Waals surface area contributed by atoms with Crippen LogP contribution in [0.5, 0.6) is 0 Å². The van der Waals surface area contributed by atoms with Gasteiger partial charge in [0, 0.05) is 17.8 Å². The average Bonchev–Trinajstić information content (AvgIpc) is 2.26. The van der Waals surface area contributed by atoms with Crippen molar-refractivity contribution in [3.05, 3.63) is 29.3 Å². The Morgan fingerprint density at radius 1 is 1.41 bits per heavy atom. The lowest BCUT2D eigenvalue weighted by Gasteiger charge is -2.18. The molecule has 6 heteroatoms. The molecule has 1 aromatic rings. The number of anilines is 1. The van der Waals surface area contributed by atoms with Crippen molar-refractivity contribution in [2.45, 2.75) is 12.8 Å². The molecule has 0 saturated heterocycles. The molecule has 0 unspecified atom stereocenters.